The second kappa shape index (κ2) is 17.5. The number of nitrogens with one attached hydrogen (secondary N) is 1. The Morgan fingerprint density at radius 2 is 1.52 bits per heavy atom. The molecule has 4 aliphatic rings. The normalized spacial score (nSPS) is 20.0. The van der Waals surface area contributed by atoms with Crippen molar-refractivity contribution in [2.45, 2.75) is 44.9 Å². The number of benzene rings is 4. The van der Waals surface area contributed by atoms with Crippen LogP contribution in [0.3, 0.4) is 0 Å². The number of hydroxylamine groups is 2. The molecule has 1 aromatic heterocycles. The molecule has 0 saturated carbocycles. The van der Waals surface area contributed by atoms with Gasteiger partial charge in [0.05, 0.1) is 51.9 Å². The minimum Gasteiger partial charge on any atom is -0.497 e. The average Bonchev–Trinajstić information content (AvgIpc) is 3.67. The summed E-state index contributed by atoms with van der Waals surface area (Å²) in [6.45, 7) is 9.13. The summed E-state index contributed by atoms with van der Waals surface area (Å²) in [4.78, 5) is 21.3. The quantitative estimate of drug-likeness (QED) is 0.132. The molecule has 0 radical (unpaired) electrons. The zero-order valence-corrected chi connectivity index (χ0v) is 33.2. The van der Waals surface area contributed by atoms with Gasteiger partial charge in [-0.3, -0.25) is 9.74 Å². The molecule has 3 saturated heterocycles. The van der Waals surface area contributed by atoms with E-state index in [1.165, 1.54) is 25.1 Å². The number of anilines is 2. The molecule has 5 aromatic rings. The van der Waals surface area contributed by atoms with Gasteiger partial charge in [-0.05, 0) is 53.6 Å². The van der Waals surface area contributed by atoms with Gasteiger partial charge in [0.15, 0.2) is 0 Å². The molecule has 10 nitrogen and oxygen atoms in total. The van der Waals surface area contributed by atoms with Gasteiger partial charge in [0, 0.05) is 87.9 Å². The molecule has 0 bridgehead atoms. The smallest absolute Gasteiger partial charge is 0.216 e. The van der Waals surface area contributed by atoms with Gasteiger partial charge in [-0.15, -0.1) is 0 Å². The van der Waals surface area contributed by atoms with E-state index in [9.17, 15) is 0 Å². The van der Waals surface area contributed by atoms with Gasteiger partial charge in [0.2, 0.25) is 5.88 Å². The van der Waals surface area contributed by atoms with E-state index in [2.05, 4.69) is 93.0 Å². The van der Waals surface area contributed by atoms with Gasteiger partial charge in [0.1, 0.15) is 12.4 Å². The predicted octanol–water partition coefficient (Wildman–Crippen LogP) is 7.72. The highest BCUT2D eigenvalue weighted by atomic mass is 32.2. The van der Waals surface area contributed by atoms with Crippen LogP contribution in [0.25, 0.3) is 11.3 Å². The second-order valence-corrected chi connectivity index (χ2v) is 16.5. The molecular formula is C44H47N5O5S2. The van der Waals surface area contributed by atoms with E-state index in [-0.39, 0.29) is 6.04 Å². The summed E-state index contributed by atoms with van der Waals surface area (Å²) in [6.07, 6.45) is 0. The van der Waals surface area contributed by atoms with Crippen molar-refractivity contribution in [3.63, 3.8) is 0 Å². The Bertz CT molecular complexity index is 2100. The fourth-order valence-electron chi connectivity index (χ4n) is 7.71. The van der Waals surface area contributed by atoms with E-state index < -0.39 is 0 Å². The predicted molar refractivity (Wildman–Crippen MR) is 221 cm³/mol. The highest BCUT2D eigenvalue weighted by molar-refractivity contribution is 8.05. The molecule has 4 aliphatic heterocycles. The number of fused-ring (bicyclic) bond motifs is 2. The highest BCUT2D eigenvalue weighted by Crippen LogP contribution is 2.52. The van der Waals surface area contributed by atoms with Crippen LogP contribution in [0.4, 0.5) is 11.4 Å². The number of aromatic nitrogens is 1. The Kier molecular flexibility index (Phi) is 11.6. The standard InChI is InChI=1S/C44H47N5O5S2/c1-50-35-13-10-32(11-14-35)29-53-43-26-34(47-16-20-51-21-17-47)25-37(46-43)36-8-5-9-41-44(36)56-40-15-12-33(24-42(40)55-41)45-38-27-49(54-30-31-6-3-2-4-7-31)28-39(38)48-18-22-52-23-19-48/h2-15,24-26,38-39,45H,16-23,27-30H2,1H3/t38?,39-/m1/s1. The maximum absolute atomic E-state index is 6.36. The number of ether oxygens (including phenoxy) is 4. The number of morpholine rings is 2. The third kappa shape index (κ3) is 8.67. The van der Waals surface area contributed by atoms with Crippen LogP contribution in [0, 0.1) is 0 Å². The lowest BCUT2D eigenvalue weighted by atomic mass is 10.1. The van der Waals surface area contributed by atoms with Crippen molar-refractivity contribution >= 4 is 34.9 Å². The Labute approximate surface area is 337 Å². The van der Waals surface area contributed by atoms with Gasteiger partial charge in [-0.1, -0.05) is 78.1 Å². The fraction of sp³-hybridized carbons (Fsp3) is 0.341. The summed E-state index contributed by atoms with van der Waals surface area (Å²) in [5, 5.41) is 6.07. The first-order chi connectivity index (χ1) is 27.6. The number of methoxy groups -OCH3 is 1. The van der Waals surface area contributed by atoms with Gasteiger partial charge in [-0.2, -0.15) is 5.06 Å². The molecule has 2 atom stereocenters. The van der Waals surface area contributed by atoms with E-state index in [1.807, 2.05) is 53.9 Å². The van der Waals surface area contributed by atoms with E-state index in [0.717, 1.165) is 86.4 Å². The summed E-state index contributed by atoms with van der Waals surface area (Å²) in [5.41, 5.74) is 6.46. The Morgan fingerprint density at radius 1 is 0.732 bits per heavy atom. The van der Waals surface area contributed by atoms with Crippen molar-refractivity contribution in [2.24, 2.45) is 0 Å². The topological polar surface area (TPSA) is 80.8 Å². The van der Waals surface area contributed by atoms with Crippen molar-refractivity contribution in [2.75, 3.05) is 83.0 Å². The average molecular weight is 790 g/mol. The summed E-state index contributed by atoms with van der Waals surface area (Å²) in [7, 11) is 1.68. The van der Waals surface area contributed by atoms with Crippen molar-refractivity contribution in [1.82, 2.24) is 14.9 Å². The molecule has 56 heavy (non-hydrogen) atoms. The first kappa shape index (κ1) is 37.3. The summed E-state index contributed by atoms with van der Waals surface area (Å²) in [5.74, 6) is 1.43. The number of hydrogen-bond acceptors (Lipinski definition) is 12. The monoisotopic (exact) mass is 789 g/mol. The van der Waals surface area contributed by atoms with Crippen LogP contribution in [0.1, 0.15) is 11.1 Å². The molecule has 9 rings (SSSR count). The zero-order chi connectivity index (χ0) is 37.7. The maximum Gasteiger partial charge on any atom is 0.216 e. The summed E-state index contributed by atoms with van der Waals surface area (Å²) in [6, 6.07) is 36.5. The van der Waals surface area contributed by atoms with Crippen LogP contribution >= 0.6 is 23.5 Å². The van der Waals surface area contributed by atoms with Crippen LogP contribution < -0.4 is 19.7 Å². The lowest BCUT2D eigenvalue weighted by Crippen LogP contribution is -2.50. The molecule has 0 spiro atoms. The first-order valence-corrected chi connectivity index (χ1v) is 21.0. The maximum atomic E-state index is 6.36. The van der Waals surface area contributed by atoms with E-state index in [4.69, 9.17) is 28.8 Å². The lowest BCUT2D eigenvalue weighted by molar-refractivity contribution is -0.157. The van der Waals surface area contributed by atoms with Crippen LogP contribution in [0.5, 0.6) is 11.6 Å². The van der Waals surface area contributed by atoms with Crippen molar-refractivity contribution in [3.8, 4) is 22.9 Å². The van der Waals surface area contributed by atoms with Gasteiger partial charge in [-0.25, -0.2) is 4.98 Å². The van der Waals surface area contributed by atoms with Crippen molar-refractivity contribution in [1.29, 1.82) is 0 Å². The molecule has 0 amide bonds. The van der Waals surface area contributed by atoms with E-state index in [1.54, 1.807) is 7.11 Å². The van der Waals surface area contributed by atoms with Crippen LogP contribution in [-0.4, -0.2) is 99.8 Å². The zero-order valence-electron chi connectivity index (χ0n) is 31.6. The SMILES string of the molecule is COc1ccc(COc2cc(N3CCOCC3)cc(-c3cccc4c3Sc3ccc(NC5CN(OCc6ccccc6)C[C@H]5N5CCOCC5)cc3S4)n2)cc1. The third-order valence-corrected chi connectivity index (χ3v) is 13.3. The van der Waals surface area contributed by atoms with Crippen LogP contribution in [-0.2, 0) is 27.5 Å². The van der Waals surface area contributed by atoms with Crippen LogP contribution in [0.15, 0.2) is 123 Å². The molecule has 4 aromatic carbocycles. The van der Waals surface area contributed by atoms with Gasteiger partial charge in [0.25, 0.3) is 0 Å². The van der Waals surface area contributed by atoms with E-state index >= 15 is 0 Å². The third-order valence-electron chi connectivity index (χ3n) is 10.7. The Hall–Kier alpha value is -4.27. The Morgan fingerprint density at radius 3 is 2.32 bits per heavy atom. The fourth-order valence-corrected chi connectivity index (χ4v) is 10.1. The largest absolute Gasteiger partial charge is 0.497 e. The van der Waals surface area contributed by atoms with Gasteiger partial charge < -0.3 is 29.2 Å². The molecular weight excluding hydrogens is 743 g/mol. The highest BCUT2D eigenvalue weighted by Gasteiger charge is 2.38. The number of rotatable bonds is 12. The number of hydrogen-bond donors (Lipinski definition) is 1. The van der Waals surface area contributed by atoms with Gasteiger partial charge >= 0.3 is 0 Å². The molecule has 3 fully saturated rings. The molecule has 290 valence electrons. The lowest BCUT2D eigenvalue weighted by Gasteiger charge is -2.35. The molecule has 5 heterocycles. The summed E-state index contributed by atoms with van der Waals surface area (Å²) < 4.78 is 23.1. The Balaban J connectivity index is 0.938. The minimum absolute atomic E-state index is 0.216. The molecule has 0 aliphatic carbocycles. The summed E-state index contributed by atoms with van der Waals surface area (Å²) >= 11 is 3.65. The minimum atomic E-state index is 0.216. The second-order valence-electron chi connectivity index (χ2n) is 14.4. The number of pyridine rings is 1. The molecule has 1 N–H and O–H groups in total. The first-order valence-electron chi connectivity index (χ1n) is 19.4. The molecule has 1 unspecified atom stereocenters. The van der Waals surface area contributed by atoms with Crippen LogP contribution in [0.2, 0.25) is 0 Å². The van der Waals surface area contributed by atoms with Crippen molar-refractivity contribution in [3.05, 3.63) is 114 Å². The molecule has 12 heteroatoms. The van der Waals surface area contributed by atoms with Crippen molar-refractivity contribution < 1.29 is 23.8 Å². The van der Waals surface area contributed by atoms with E-state index in [0.29, 0.717) is 38.3 Å². The number of nitrogens with zero attached hydrogens (tertiary/aromatic N) is 4.